The van der Waals surface area contributed by atoms with Crippen molar-refractivity contribution in [2.45, 2.75) is 25.7 Å². The van der Waals surface area contributed by atoms with E-state index in [4.69, 9.17) is 15.6 Å². The Balaban J connectivity index is 1.74. The van der Waals surface area contributed by atoms with Gasteiger partial charge in [-0.05, 0) is 55.5 Å². The van der Waals surface area contributed by atoms with Gasteiger partial charge in [0.15, 0.2) is 5.84 Å². The van der Waals surface area contributed by atoms with E-state index in [-0.39, 0.29) is 42.2 Å². The summed E-state index contributed by atoms with van der Waals surface area (Å²) in [4.78, 5) is 33.6. The van der Waals surface area contributed by atoms with Gasteiger partial charge >= 0.3 is 6.18 Å². The highest BCUT2D eigenvalue weighted by Crippen LogP contribution is 2.30. The van der Waals surface area contributed by atoms with Gasteiger partial charge in [-0.1, -0.05) is 0 Å². The van der Waals surface area contributed by atoms with Crippen LogP contribution in [0, 0.1) is 0 Å². The Morgan fingerprint density at radius 2 is 1.84 bits per heavy atom. The number of amides is 1. The summed E-state index contributed by atoms with van der Waals surface area (Å²) >= 11 is 0. The van der Waals surface area contributed by atoms with Crippen molar-refractivity contribution in [3.8, 4) is 5.75 Å². The first kappa shape index (κ1) is 27.2. The summed E-state index contributed by atoms with van der Waals surface area (Å²) in [6.07, 6.45) is -3.74. The van der Waals surface area contributed by atoms with Crippen molar-refractivity contribution in [2.75, 3.05) is 24.3 Å². The smallest absolute Gasteiger partial charge is 0.416 e. The Kier molecular flexibility index (Phi) is 8.50. The minimum atomic E-state index is -4.48. The van der Waals surface area contributed by atoms with Gasteiger partial charge in [0.1, 0.15) is 29.8 Å². The number of benzene rings is 2. The molecule has 1 aromatic heterocycles. The van der Waals surface area contributed by atoms with E-state index >= 15 is 0 Å². The van der Waals surface area contributed by atoms with Crippen LogP contribution in [-0.2, 0) is 17.5 Å². The van der Waals surface area contributed by atoms with Crippen molar-refractivity contribution in [1.29, 1.82) is 0 Å². The number of rotatable bonds is 9. The van der Waals surface area contributed by atoms with E-state index < -0.39 is 23.2 Å². The molecule has 0 spiro atoms. The molecule has 0 aliphatic rings. The van der Waals surface area contributed by atoms with Crippen LogP contribution in [0.4, 0.5) is 30.2 Å². The SMILES string of the molecule is CNc1c(C(N)=Nc2ccc(C(F)(F)F)cc2)ncn(CC(=O)Nc2ccc(O[C@H](C)CO)cc2)c1=O. The second-order valence-electron chi connectivity index (χ2n) is 7.88. The van der Waals surface area contributed by atoms with Crippen LogP contribution < -0.4 is 26.7 Å². The van der Waals surface area contributed by atoms with Crippen LogP contribution in [0.15, 0.2) is 64.6 Å². The Morgan fingerprint density at radius 3 is 2.41 bits per heavy atom. The molecule has 1 amide bonds. The van der Waals surface area contributed by atoms with Crippen molar-refractivity contribution in [1.82, 2.24) is 9.55 Å². The molecular formula is C24H25F3N6O4. The molecule has 0 saturated carbocycles. The van der Waals surface area contributed by atoms with Gasteiger partial charge in [-0.2, -0.15) is 13.2 Å². The highest BCUT2D eigenvalue weighted by atomic mass is 19.4. The summed E-state index contributed by atoms with van der Waals surface area (Å²) in [6, 6.07) is 10.5. The maximum atomic E-state index is 12.9. The number of ether oxygens (including phenoxy) is 1. The van der Waals surface area contributed by atoms with Crippen LogP contribution in [0.1, 0.15) is 18.2 Å². The highest BCUT2D eigenvalue weighted by Gasteiger charge is 2.30. The molecule has 0 unspecified atom stereocenters. The van der Waals surface area contributed by atoms with Gasteiger partial charge < -0.3 is 26.2 Å². The Labute approximate surface area is 209 Å². The monoisotopic (exact) mass is 518 g/mol. The fourth-order valence-electron chi connectivity index (χ4n) is 3.18. The minimum absolute atomic E-state index is 0.0169. The Hall–Kier alpha value is -4.39. The number of aliphatic imine (C=N–C) groups is 1. The number of alkyl halides is 3. The zero-order valence-electron chi connectivity index (χ0n) is 19.9. The van der Waals surface area contributed by atoms with E-state index in [9.17, 15) is 22.8 Å². The van der Waals surface area contributed by atoms with E-state index in [0.717, 1.165) is 35.2 Å². The molecule has 196 valence electrons. The number of carbonyl (C=O) groups excluding carboxylic acids is 1. The lowest BCUT2D eigenvalue weighted by Gasteiger charge is -2.13. The lowest BCUT2D eigenvalue weighted by Crippen LogP contribution is -2.32. The average Bonchev–Trinajstić information content (AvgIpc) is 2.86. The van der Waals surface area contributed by atoms with Crippen LogP contribution in [0.5, 0.6) is 5.75 Å². The molecule has 0 fully saturated rings. The fraction of sp³-hybridized carbons (Fsp3) is 0.250. The van der Waals surface area contributed by atoms with Crippen LogP contribution in [0.3, 0.4) is 0 Å². The van der Waals surface area contributed by atoms with Crippen molar-refractivity contribution >= 4 is 28.8 Å². The normalized spacial score (nSPS) is 12.6. The van der Waals surface area contributed by atoms with Gasteiger partial charge in [-0.15, -0.1) is 0 Å². The van der Waals surface area contributed by atoms with Crippen molar-refractivity contribution in [3.63, 3.8) is 0 Å². The van der Waals surface area contributed by atoms with Crippen LogP contribution in [0.25, 0.3) is 0 Å². The summed E-state index contributed by atoms with van der Waals surface area (Å²) in [7, 11) is 1.46. The molecule has 0 aliphatic carbocycles. The molecule has 0 saturated heterocycles. The summed E-state index contributed by atoms with van der Waals surface area (Å²) in [5.41, 5.74) is 5.09. The fourth-order valence-corrected chi connectivity index (χ4v) is 3.18. The van der Waals surface area contributed by atoms with Gasteiger partial charge in [-0.3, -0.25) is 14.2 Å². The summed E-state index contributed by atoms with van der Waals surface area (Å²) in [5.74, 6) is -0.178. The highest BCUT2D eigenvalue weighted by molar-refractivity contribution is 6.01. The van der Waals surface area contributed by atoms with Crippen LogP contribution in [-0.4, -0.2) is 46.2 Å². The standard InChI is InChI=1S/C24H25F3N6O4/c1-14(12-34)37-18-9-7-16(8-10-18)31-19(35)11-33-13-30-20(21(29-2)23(33)36)22(28)32-17-5-3-15(4-6-17)24(25,26)27/h3-10,13-14,29,34H,11-12H2,1-2H3,(H2,28,32)(H,31,35)/t14-/m1/s1. The van der Waals surface area contributed by atoms with E-state index in [2.05, 4.69) is 20.6 Å². The number of nitrogens with zero attached hydrogens (tertiary/aromatic N) is 3. The molecule has 0 aliphatic heterocycles. The number of anilines is 2. The minimum Gasteiger partial charge on any atom is -0.488 e. The second-order valence-corrected chi connectivity index (χ2v) is 7.88. The second kappa shape index (κ2) is 11.6. The van der Waals surface area contributed by atoms with E-state index in [1.807, 2.05) is 0 Å². The molecule has 0 bridgehead atoms. The Morgan fingerprint density at radius 1 is 1.19 bits per heavy atom. The number of aliphatic hydroxyl groups is 1. The lowest BCUT2D eigenvalue weighted by molar-refractivity contribution is -0.137. The number of hydrogen-bond acceptors (Lipinski definition) is 7. The summed E-state index contributed by atoms with van der Waals surface area (Å²) in [6.45, 7) is 1.22. The van der Waals surface area contributed by atoms with E-state index in [1.54, 1.807) is 31.2 Å². The quantitative estimate of drug-likeness (QED) is 0.252. The van der Waals surface area contributed by atoms with Crippen LogP contribution in [0.2, 0.25) is 0 Å². The molecule has 3 aromatic rings. The molecule has 10 nitrogen and oxygen atoms in total. The predicted octanol–water partition coefficient (Wildman–Crippen LogP) is 2.74. The molecule has 3 rings (SSSR count). The third kappa shape index (κ3) is 7.07. The third-order valence-corrected chi connectivity index (χ3v) is 5.02. The van der Waals surface area contributed by atoms with Crippen molar-refractivity contribution in [3.05, 3.63) is 76.5 Å². The van der Waals surface area contributed by atoms with Crippen molar-refractivity contribution < 1.29 is 27.8 Å². The number of nitrogens with two attached hydrogens (primary N) is 1. The maximum absolute atomic E-state index is 12.9. The molecule has 0 radical (unpaired) electrons. The molecule has 2 aromatic carbocycles. The predicted molar refractivity (Wildman–Crippen MR) is 132 cm³/mol. The largest absolute Gasteiger partial charge is 0.488 e. The zero-order chi connectivity index (χ0) is 27.2. The number of hydrogen-bond donors (Lipinski definition) is 4. The first-order chi connectivity index (χ1) is 17.5. The summed E-state index contributed by atoms with van der Waals surface area (Å²) < 4.78 is 44.8. The third-order valence-electron chi connectivity index (χ3n) is 5.02. The van der Waals surface area contributed by atoms with Crippen LogP contribution >= 0.6 is 0 Å². The number of aromatic nitrogens is 2. The van der Waals surface area contributed by atoms with Gasteiger partial charge in [0.25, 0.3) is 5.56 Å². The van der Waals surface area contributed by atoms with Gasteiger partial charge in [0, 0.05) is 12.7 Å². The average molecular weight is 518 g/mol. The van der Waals surface area contributed by atoms with E-state index in [1.165, 1.54) is 7.05 Å². The van der Waals surface area contributed by atoms with E-state index in [0.29, 0.717) is 11.4 Å². The van der Waals surface area contributed by atoms with Gasteiger partial charge in [-0.25, -0.2) is 9.98 Å². The number of aliphatic hydroxyl groups excluding tert-OH is 1. The number of halogens is 3. The first-order valence-corrected chi connectivity index (χ1v) is 11.0. The number of nitrogens with one attached hydrogen (secondary N) is 2. The summed E-state index contributed by atoms with van der Waals surface area (Å²) in [5, 5.41) is 14.4. The number of carbonyl (C=O) groups is 1. The van der Waals surface area contributed by atoms with Gasteiger partial charge in [0.2, 0.25) is 5.91 Å². The molecular weight excluding hydrogens is 493 g/mol. The molecule has 1 heterocycles. The van der Waals surface area contributed by atoms with Crippen molar-refractivity contribution in [2.24, 2.45) is 10.7 Å². The maximum Gasteiger partial charge on any atom is 0.416 e. The molecule has 5 N–H and O–H groups in total. The molecule has 37 heavy (non-hydrogen) atoms. The van der Waals surface area contributed by atoms with Gasteiger partial charge in [0.05, 0.1) is 24.2 Å². The first-order valence-electron chi connectivity index (χ1n) is 11.0. The Bertz CT molecular complexity index is 1320. The molecule has 13 heteroatoms. The molecule has 1 atom stereocenters. The zero-order valence-corrected chi connectivity index (χ0v) is 19.9. The lowest BCUT2D eigenvalue weighted by atomic mass is 10.2. The topological polar surface area (TPSA) is 144 Å². The number of amidine groups is 1.